The number of benzene rings is 2. The summed E-state index contributed by atoms with van der Waals surface area (Å²) in [4.78, 5) is 54.9. The molecular formula is C28H30N4O5. The van der Waals surface area contributed by atoms with Gasteiger partial charge in [-0.3, -0.25) is 19.3 Å². The van der Waals surface area contributed by atoms with E-state index in [0.29, 0.717) is 18.7 Å². The standard InChI is InChI=1S/C28H30N4O5/c29-25(34)23-15-28-18-32(23)24(33)16-31(27(36)37-17-20-9-5-3-6-10-20)13-7-2-1-4-8-19-11-12-22(21(28)14-19)30-26(28)35/h3-6,8-12,14,23H,1-2,7,13,15-18H2,(H2,29,34)(H,30,35)/b8-4-/t23-,28-/m0/s1. The summed E-state index contributed by atoms with van der Waals surface area (Å²) in [7, 11) is 0. The van der Waals surface area contributed by atoms with Crippen molar-refractivity contribution in [2.45, 2.75) is 43.7 Å². The van der Waals surface area contributed by atoms with Gasteiger partial charge in [-0.2, -0.15) is 0 Å². The molecular weight excluding hydrogens is 472 g/mol. The molecule has 9 nitrogen and oxygen atoms in total. The summed E-state index contributed by atoms with van der Waals surface area (Å²) in [6, 6.07) is 14.1. The molecule has 9 heteroatoms. The SMILES string of the molecule is NC(=O)[C@@H]1C[C@]23CN1C(=O)CN(C(=O)OCc1ccccc1)CCCC/C=C\c1ccc(c2c1)NC3=O. The van der Waals surface area contributed by atoms with Crippen LogP contribution in [0.25, 0.3) is 6.08 Å². The van der Waals surface area contributed by atoms with Gasteiger partial charge in [-0.05, 0) is 54.5 Å². The van der Waals surface area contributed by atoms with Crippen molar-refractivity contribution in [2.24, 2.45) is 5.73 Å². The van der Waals surface area contributed by atoms with E-state index in [1.165, 1.54) is 9.80 Å². The molecule has 1 spiro atoms. The maximum atomic E-state index is 13.5. The van der Waals surface area contributed by atoms with Crippen LogP contribution < -0.4 is 11.1 Å². The van der Waals surface area contributed by atoms with Crippen LogP contribution in [0.4, 0.5) is 10.5 Å². The minimum atomic E-state index is -1.08. The summed E-state index contributed by atoms with van der Waals surface area (Å²) >= 11 is 0. The number of carbonyl (C=O) groups is 4. The van der Waals surface area contributed by atoms with Gasteiger partial charge >= 0.3 is 6.09 Å². The van der Waals surface area contributed by atoms with E-state index in [4.69, 9.17) is 10.5 Å². The number of allylic oxidation sites excluding steroid dienone is 1. The summed E-state index contributed by atoms with van der Waals surface area (Å²) < 4.78 is 5.50. The molecule has 2 atom stereocenters. The van der Waals surface area contributed by atoms with Crippen molar-refractivity contribution in [3.05, 3.63) is 71.3 Å². The zero-order chi connectivity index (χ0) is 26.0. The predicted octanol–water partition coefficient (Wildman–Crippen LogP) is 2.80. The zero-order valence-electron chi connectivity index (χ0n) is 20.5. The largest absolute Gasteiger partial charge is 0.445 e. The van der Waals surface area contributed by atoms with Gasteiger partial charge in [-0.1, -0.05) is 48.6 Å². The highest BCUT2D eigenvalue weighted by molar-refractivity contribution is 6.08. The third-order valence-corrected chi connectivity index (χ3v) is 7.40. The highest BCUT2D eigenvalue weighted by Gasteiger charge is 2.57. The van der Waals surface area contributed by atoms with Crippen molar-refractivity contribution < 1.29 is 23.9 Å². The predicted molar refractivity (Wildman–Crippen MR) is 137 cm³/mol. The van der Waals surface area contributed by atoms with Crippen molar-refractivity contribution in [1.82, 2.24) is 9.80 Å². The molecule has 1 fully saturated rings. The molecule has 3 N–H and O–H groups in total. The molecule has 0 radical (unpaired) electrons. The fraction of sp³-hybridized carbons (Fsp3) is 0.357. The van der Waals surface area contributed by atoms with Gasteiger partial charge in [-0.15, -0.1) is 0 Å². The highest BCUT2D eigenvalue weighted by Crippen LogP contribution is 2.47. The first-order valence-electron chi connectivity index (χ1n) is 12.5. The molecule has 3 aliphatic rings. The quantitative estimate of drug-likeness (QED) is 0.668. The molecule has 192 valence electrons. The molecule has 5 rings (SSSR count). The van der Waals surface area contributed by atoms with Crippen LogP contribution in [-0.4, -0.2) is 59.3 Å². The molecule has 3 heterocycles. The lowest BCUT2D eigenvalue weighted by Crippen LogP contribution is -2.49. The molecule has 1 saturated heterocycles. The molecule has 0 saturated carbocycles. The molecule has 2 aromatic rings. The smallest absolute Gasteiger partial charge is 0.410 e. The van der Waals surface area contributed by atoms with Crippen LogP contribution in [0.15, 0.2) is 54.6 Å². The minimum Gasteiger partial charge on any atom is -0.445 e. The van der Waals surface area contributed by atoms with E-state index in [1.807, 2.05) is 54.6 Å². The lowest BCUT2D eigenvalue weighted by atomic mass is 9.79. The Morgan fingerprint density at radius 3 is 2.70 bits per heavy atom. The number of amides is 4. The first-order valence-corrected chi connectivity index (χ1v) is 12.5. The van der Waals surface area contributed by atoms with E-state index in [-0.39, 0.29) is 32.0 Å². The minimum absolute atomic E-state index is 0.0122. The number of nitrogens with two attached hydrogens (primary N) is 1. The zero-order valence-corrected chi connectivity index (χ0v) is 20.5. The Balaban J connectivity index is 1.43. The topological polar surface area (TPSA) is 122 Å². The van der Waals surface area contributed by atoms with Crippen LogP contribution in [0.1, 0.15) is 42.4 Å². The van der Waals surface area contributed by atoms with Crippen molar-refractivity contribution in [2.75, 3.05) is 25.0 Å². The molecule has 3 aliphatic heterocycles. The van der Waals surface area contributed by atoms with Crippen molar-refractivity contribution in [3.8, 4) is 0 Å². The van der Waals surface area contributed by atoms with E-state index in [2.05, 4.69) is 11.4 Å². The molecule has 0 aliphatic carbocycles. The van der Waals surface area contributed by atoms with Gasteiger partial charge in [0.1, 0.15) is 19.2 Å². The third-order valence-electron chi connectivity index (χ3n) is 7.40. The maximum absolute atomic E-state index is 13.5. The Labute approximate surface area is 215 Å². The van der Waals surface area contributed by atoms with E-state index >= 15 is 0 Å². The molecule has 0 aromatic heterocycles. The number of hydrogen-bond acceptors (Lipinski definition) is 5. The molecule has 2 aromatic carbocycles. The average molecular weight is 503 g/mol. The second kappa shape index (κ2) is 10.1. The Bertz CT molecular complexity index is 1260. The lowest BCUT2D eigenvalue weighted by Gasteiger charge is -2.27. The number of anilines is 1. The number of primary amides is 1. The summed E-state index contributed by atoms with van der Waals surface area (Å²) in [5, 5.41) is 2.91. The summed E-state index contributed by atoms with van der Waals surface area (Å²) in [5.41, 5.74) is 7.85. The van der Waals surface area contributed by atoms with Crippen LogP contribution in [0.2, 0.25) is 0 Å². The number of ether oxygens (including phenoxy) is 1. The summed E-state index contributed by atoms with van der Waals surface area (Å²) in [5.74, 6) is -1.38. The summed E-state index contributed by atoms with van der Waals surface area (Å²) in [6.45, 7) is 0.157. The first-order chi connectivity index (χ1) is 17.9. The number of nitrogens with zero attached hydrogens (tertiary/aromatic N) is 2. The van der Waals surface area contributed by atoms with Crippen molar-refractivity contribution in [3.63, 3.8) is 0 Å². The Hall–Kier alpha value is -4.14. The Kier molecular flexibility index (Phi) is 6.69. The Morgan fingerprint density at radius 2 is 1.92 bits per heavy atom. The monoisotopic (exact) mass is 502 g/mol. The van der Waals surface area contributed by atoms with E-state index in [0.717, 1.165) is 29.5 Å². The molecule has 37 heavy (non-hydrogen) atoms. The van der Waals surface area contributed by atoms with Crippen LogP contribution in [0, 0.1) is 0 Å². The number of nitrogens with one attached hydrogen (secondary N) is 1. The van der Waals surface area contributed by atoms with Gasteiger partial charge < -0.3 is 20.7 Å². The third kappa shape index (κ3) is 4.81. The number of carbonyl (C=O) groups excluding carboxylic acids is 4. The normalized spacial score (nSPS) is 24.2. The van der Waals surface area contributed by atoms with Crippen LogP contribution in [-0.2, 0) is 31.1 Å². The van der Waals surface area contributed by atoms with E-state index < -0.39 is 29.4 Å². The number of rotatable bonds is 3. The van der Waals surface area contributed by atoms with Crippen molar-refractivity contribution >= 4 is 35.6 Å². The number of hydrogen-bond donors (Lipinski definition) is 2. The number of fused-ring (bicyclic) bond motifs is 2. The van der Waals surface area contributed by atoms with Crippen LogP contribution in [0.5, 0.6) is 0 Å². The van der Waals surface area contributed by atoms with Gasteiger partial charge in [0.2, 0.25) is 17.7 Å². The van der Waals surface area contributed by atoms with Gasteiger partial charge in [0, 0.05) is 18.8 Å². The fourth-order valence-corrected chi connectivity index (χ4v) is 5.40. The molecule has 4 bridgehead atoms. The van der Waals surface area contributed by atoms with Gasteiger partial charge in [0.25, 0.3) is 0 Å². The van der Waals surface area contributed by atoms with Gasteiger partial charge in [0.05, 0.1) is 5.41 Å². The lowest BCUT2D eigenvalue weighted by molar-refractivity contribution is -0.138. The van der Waals surface area contributed by atoms with Gasteiger partial charge in [-0.25, -0.2) is 4.79 Å². The van der Waals surface area contributed by atoms with E-state index in [1.54, 1.807) is 0 Å². The first kappa shape index (κ1) is 24.5. The molecule has 4 amide bonds. The second-order valence-corrected chi connectivity index (χ2v) is 9.85. The highest BCUT2D eigenvalue weighted by atomic mass is 16.6. The average Bonchev–Trinajstić information content (AvgIpc) is 3.43. The second-order valence-electron chi connectivity index (χ2n) is 9.85. The van der Waals surface area contributed by atoms with Gasteiger partial charge in [0.15, 0.2) is 0 Å². The maximum Gasteiger partial charge on any atom is 0.410 e. The van der Waals surface area contributed by atoms with Crippen molar-refractivity contribution in [1.29, 1.82) is 0 Å². The molecule has 0 unspecified atom stereocenters. The van der Waals surface area contributed by atoms with E-state index in [9.17, 15) is 19.2 Å². The van der Waals surface area contributed by atoms with Crippen LogP contribution in [0.3, 0.4) is 0 Å². The fourth-order valence-electron chi connectivity index (χ4n) is 5.40. The van der Waals surface area contributed by atoms with Crippen LogP contribution >= 0.6 is 0 Å². The summed E-state index contributed by atoms with van der Waals surface area (Å²) in [6.07, 6.45) is 5.85. The Morgan fingerprint density at radius 1 is 1.11 bits per heavy atom.